The lowest BCUT2D eigenvalue weighted by molar-refractivity contribution is -0.160. The van der Waals surface area contributed by atoms with Crippen molar-refractivity contribution in [2.75, 3.05) is 13.9 Å². The Balaban J connectivity index is 1.70. The fraction of sp³-hybridized carbons (Fsp3) is 0.500. The standard InChI is InChI=1S/C28H36N2O8/c1-18(30-27(32)24-26(36-17-35-20(3)31)23(34-4)15-16-29-24)28(33)38-25(21-11-7-5-8-12-21)19(2)37-22-13-9-6-10-14-22/h6,9-10,13-16,18-19,21,25H,5,7-8,11-12,17H2,1-4H3,(H,30,32)/t18-,19-,25?/m0/s1. The fourth-order valence-electron chi connectivity index (χ4n) is 4.44. The lowest BCUT2D eigenvalue weighted by Gasteiger charge is -2.34. The maximum Gasteiger partial charge on any atom is 0.328 e. The Bertz CT molecular complexity index is 1070. The molecule has 1 aliphatic carbocycles. The lowest BCUT2D eigenvalue weighted by Crippen LogP contribution is -2.46. The highest BCUT2D eigenvalue weighted by Crippen LogP contribution is 2.32. The molecule has 38 heavy (non-hydrogen) atoms. The zero-order valence-electron chi connectivity index (χ0n) is 22.3. The third-order valence-electron chi connectivity index (χ3n) is 6.36. The second-order valence-corrected chi connectivity index (χ2v) is 9.22. The molecule has 3 atom stereocenters. The van der Waals surface area contributed by atoms with E-state index >= 15 is 0 Å². The molecule has 2 aromatic rings. The van der Waals surface area contributed by atoms with Crippen molar-refractivity contribution in [1.29, 1.82) is 0 Å². The van der Waals surface area contributed by atoms with E-state index in [1.807, 2.05) is 37.3 Å². The van der Waals surface area contributed by atoms with Crippen LogP contribution in [0, 0.1) is 5.92 Å². The maximum absolute atomic E-state index is 13.1. The molecule has 0 saturated heterocycles. The minimum atomic E-state index is -0.980. The van der Waals surface area contributed by atoms with E-state index in [2.05, 4.69) is 10.3 Å². The van der Waals surface area contributed by atoms with Crippen molar-refractivity contribution in [3.8, 4) is 17.2 Å². The predicted molar refractivity (Wildman–Crippen MR) is 138 cm³/mol. The minimum absolute atomic E-state index is 0.0146. The zero-order valence-corrected chi connectivity index (χ0v) is 22.3. The van der Waals surface area contributed by atoms with E-state index in [4.69, 9.17) is 23.7 Å². The maximum atomic E-state index is 13.1. The number of nitrogens with one attached hydrogen (secondary N) is 1. The molecule has 10 nitrogen and oxygen atoms in total. The third-order valence-corrected chi connectivity index (χ3v) is 6.36. The third kappa shape index (κ3) is 8.09. The number of ether oxygens (including phenoxy) is 5. The molecular weight excluding hydrogens is 492 g/mol. The monoisotopic (exact) mass is 528 g/mol. The van der Waals surface area contributed by atoms with Crippen LogP contribution in [0.4, 0.5) is 0 Å². The van der Waals surface area contributed by atoms with Gasteiger partial charge >= 0.3 is 11.9 Å². The largest absolute Gasteiger partial charge is 0.493 e. The molecule has 0 radical (unpaired) electrons. The van der Waals surface area contributed by atoms with Crippen LogP contribution in [0.3, 0.4) is 0 Å². The topological polar surface area (TPSA) is 122 Å². The second-order valence-electron chi connectivity index (χ2n) is 9.22. The number of rotatable bonds is 12. The first-order chi connectivity index (χ1) is 18.3. The summed E-state index contributed by atoms with van der Waals surface area (Å²) in [6.07, 6.45) is 5.70. The highest BCUT2D eigenvalue weighted by Gasteiger charge is 2.34. The Morgan fingerprint density at radius 3 is 2.42 bits per heavy atom. The van der Waals surface area contributed by atoms with E-state index in [0.29, 0.717) is 5.75 Å². The number of benzene rings is 1. The van der Waals surface area contributed by atoms with Gasteiger partial charge in [0.2, 0.25) is 6.79 Å². The van der Waals surface area contributed by atoms with Crippen LogP contribution in [-0.2, 0) is 19.1 Å². The van der Waals surface area contributed by atoms with E-state index in [0.717, 1.165) is 32.1 Å². The summed E-state index contributed by atoms with van der Waals surface area (Å²) < 4.78 is 27.6. The number of amides is 1. The van der Waals surface area contributed by atoms with Gasteiger partial charge in [-0.05, 0) is 44.7 Å². The number of nitrogens with zero attached hydrogens (tertiary/aromatic N) is 1. The molecule has 0 bridgehead atoms. The van der Waals surface area contributed by atoms with Gasteiger partial charge in [0, 0.05) is 19.2 Å². The number of methoxy groups -OCH3 is 1. The van der Waals surface area contributed by atoms with Crippen LogP contribution in [0.25, 0.3) is 0 Å². The molecule has 0 aliphatic heterocycles. The molecule has 206 valence electrons. The van der Waals surface area contributed by atoms with Gasteiger partial charge in [-0.15, -0.1) is 0 Å². The number of hydrogen-bond donors (Lipinski definition) is 1. The van der Waals surface area contributed by atoms with Gasteiger partial charge < -0.3 is 29.0 Å². The molecule has 1 unspecified atom stereocenters. The summed E-state index contributed by atoms with van der Waals surface area (Å²) in [6.45, 7) is 4.24. The number of hydrogen-bond acceptors (Lipinski definition) is 9. The number of esters is 2. The summed E-state index contributed by atoms with van der Waals surface area (Å²) in [6, 6.07) is 9.93. The summed E-state index contributed by atoms with van der Waals surface area (Å²) in [5.74, 6) is -0.736. The summed E-state index contributed by atoms with van der Waals surface area (Å²) in [5.41, 5.74) is -0.124. The Morgan fingerprint density at radius 2 is 1.76 bits per heavy atom. The lowest BCUT2D eigenvalue weighted by atomic mass is 9.83. The fourth-order valence-corrected chi connectivity index (χ4v) is 4.44. The summed E-state index contributed by atoms with van der Waals surface area (Å²) in [4.78, 5) is 41.4. The Morgan fingerprint density at radius 1 is 1.05 bits per heavy atom. The quantitative estimate of drug-likeness (QED) is 0.321. The second kappa shape index (κ2) is 14.2. The van der Waals surface area contributed by atoms with Gasteiger partial charge in [0.1, 0.15) is 24.0 Å². The molecule has 1 heterocycles. The van der Waals surface area contributed by atoms with Crippen molar-refractivity contribution in [2.45, 2.75) is 71.1 Å². The molecule has 10 heteroatoms. The van der Waals surface area contributed by atoms with Crippen LogP contribution in [0.1, 0.15) is 63.4 Å². The van der Waals surface area contributed by atoms with Crippen molar-refractivity contribution in [3.05, 3.63) is 48.3 Å². The van der Waals surface area contributed by atoms with Crippen LogP contribution >= 0.6 is 0 Å². The van der Waals surface area contributed by atoms with E-state index in [-0.39, 0.29) is 29.2 Å². The highest BCUT2D eigenvalue weighted by atomic mass is 16.7. The van der Waals surface area contributed by atoms with Crippen molar-refractivity contribution < 1.29 is 38.1 Å². The van der Waals surface area contributed by atoms with Gasteiger partial charge in [0.05, 0.1) is 7.11 Å². The first-order valence-electron chi connectivity index (χ1n) is 12.8. The highest BCUT2D eigenvalue weighted by molar-refractivity contribution is 5.98. The first-order valence-corrected chi connectivity index (χ1v) is 12.8. The Kier molecular flexibility index (Phi) is 10.7. The van der Waals surface area contributed by atoms with Gasteiger partial charge in [0.25, 0.3) is 5.91 Å². The minimum Gasteiger partial charge on any atom is -0.493 e. The average molecular weight is 529 g/mol. The van der Waals surface area contributed by atoms with Crippen LogP contribution in [0.5, 0.6) is 17.2 Å². The van der Waals surface area contributed by atoms with Gasteiger partial charge in [-0.3, -0.25) is 9.59 Å². The SMILES string of the molecule is COc1ccnc(C(=O)N[C@@H](C)C(=O)OC(C2CCCCC2)[C@H](C)Oc2ccccc2)c1OCOC(C)=O. The number of carbonyl (C=O) groups is 3. The molecule has 1 fully saturated rings. The summed E-state index contributed by atoms with van der Waals surface area (Å²) in [7, 11) is 1.40. The number of carbonyl (C=O) groups excluding carboxylic acids is 3. The van der Waals surface area contributed by atoms with Gasteiger partial charge in [-0.1, -0.05) is 37.5 Å². The normalized spacial score (nSPS) is 15.9. The van der Waals surface area contributed by atoms with Gasteiger partial charge in [-0.2, -0.15) is 0 Å². The van der Waals surface area contributed by atoms with E-state index < -0.39 is 36.8 Å². The average Bonchev–Trinajstić information content (AvgIpc) is 2.92. The Labute approximate surface area is 223 Å². The molecule has 1 aliphatic rings. The van der Waals surface area contributed by atoms with E-state index in [9.17, 15) is 14.4 Å². The van der Waals surface area contributed by atoms with E-state index in [1.54, 1.807) is 6.92 Å². The summed E-state index contributed by atoms with van der Waals surface area (Å²) >= 11 is 0. The zero-order chi connectivity index (χ0) is 27.5. The first kappa shape index (κ1) is 28.7. The Hall–Kier alpha value is -3.82. The number of pyridine rings is 1. The van der Waals surface area contributed by atoms with Gasteiger partial charge in [-0.25, -0.2) is 9.78 Å². The smallest absolute Gasteiger partial charge is 0.328 e. The van der Waals surface area contributed by atoms with Crippen LogP contribution in [-0.4, -0.2) is 55.0 Å². The van der Waals surface area contributed by atoms with Gasteiger partial charge in [0.15, 0.2) is 17.2 Å². The van der Waals surface area contributed by atoms with Crippen molar-refractivity contribution in [3.63, 3.8) is 0 Å². The molecule has 3 rings (SSSR count). The molecule has 0 spiro atoms. The number of aromatic nitrogens is 1. The predicted octanol–water partition coefficient (Wildman–Crippen LogP) is 4.07. The molecule has 1 saturated carbocycles. The molecular formula is C28H36N2O8. The van der Waals surface area contributed by atoms with E-state index in [1.165, 1.54) is 26.3 Å². The van der Waals surface area contributed by atoms with Crippen LogP contribution < -0.4 is 19.5 Å². The van der Waals surface area contributed by atoms with Crippen LogP contribution in [0.15, 0.2) is 42.6 Å². The van der Waals surface area contributed by atoms with Crippen LogP contribution in [0.2, 0.25) is 0 Å². The van der Waals surface area contributed by atoms with Crippen molar-refractivity contribution >= 4 is 17.8 Å². The molecule has 1 amide bonds. The molecule has 1 N–H and O–H groups in total. The molecule has 1 aromatic heterocycles. The van der Waals surface area contributed by atoms with Crippen molar-refractivity contribution in [1.82, 2.24) is 10.3 Å². The number of para-hydroxylation sites is 1. The summed E-state index contributed by atoms with van der Waals surface area (Å²) in [5, 5.41) is 2.62. The molecule has 1 aromatic carbocycles. The van der Waals surface area contributed by atoms with Crippen molar-refractivity contribution in [2.24, 2.45) is 5.92 Å².